The zero-order chi connectivity index (χ0) is 30.2. The highest BCUT2D eigenvalue weighted by atomic mass is 16.4. The van der Waals surface area contributed by atoms with Gasteiger partial charge in [0.25, 0.3) is 0 Å². The number of carbonyl (C=O) groups is 2. The summed E-state index contributed by atoms with van der Waals surface area (Å²) in [6, 6.07) is 0. The Kier molecular flexibility index (Phi) is 31.0. The zero-order valence-corrected chi connectivity index (χ0v) is 27.4. The summed E-state index contributed by atoms with van der Waals surface area (Å²) < 4.78 is 0. The van der Waals surface area contributed by atoms with Crippen LogP contribution in [0.1, 0.15) is 200 Å². The first kappa shape index (κ1) is 39.9. The molecule has 0 aliphatic carbocycles. The molecule has 0 bridgehead atoms. The highest BCUT2D eigenvalue weighted by molar-refractivity contribution is 5.73. The monoisotopic (exact) mass is 582 g/mol. The van der Waals surface area contributed by atoms with Crippen LogP contribution in [0.4, 0.5) is 0 Å². The van der Waals surface area contributed by atoms with Crippen molar-refractivity contribution < 1.29 is 19.8 Å². The minimum Gasteiger partial charge on any atom is -0.481 e. The van der Waals surface area contributed by atoms with E-state index >= 15 is 0 Å². The molecule has 0 saturated heterocycles. The lowest BCUT2D eigenvalue weighted by molar-refractivity contribution is -0.144. The molecular formula is C36H71NO4. The van der Waals surface area contributed by atoms with E-state index < -0.39 is 5.97 Å². The minimum absolute atomic E-state index is 0.162. The number of primary amides is 1. The number of nitrogens with two attached hydrogens (primary N) is 1. The molecule has 0 fully saturated rings. The highest BCUT2D eigenvalue weighted by Gasteiger charge is 2.26. The predicted octanol–water partition coefficient (Wildman–Crippen LogP) is 10.5. The third-order valence-electron chi connectivity index (χ3n) is 8.99. The van der Waals surface area contributed by atoms with Gasteiger partial charge in [0.2, 0.25) is 5.91 Å². The quantitative estimate of drug-likeness (QED) is 0.0658. The van der Waals surface area contributed by atoms with E-state index in [9.17, 15) is 14.7 Å². The van der Waals surface area contributed by atoms with Gasteiger partial charge in [-0.25, -0.2) is 0 Å². The number of carboxylic acids is 1. The normalized spacial score (nSPS) is 12.9. The summed E-state index contributed by atoms with van der Waals surface area (Å²) in [5.41, 5.74) is 5.20. The lowest BCUT2D eigenvalue weighted by atomic mass is 9.80. The topological polar surface area (TPSA) is 101 Å². The second-order valence-corrected chi connectivity index (χ2v) is 12.8. The highest BCUT2D eigenvalue weighted by Crippen LogP contribution is 2.30. The summed E-state index contributed by atoms with van der Waals surface area (Å²) in [6.07, 6.45) is 35.3. The number of amides is 1. The summed E-state index contributed by atoms with van der Waals surface area (Å²) in [4.78, 5) is 23.1. The molecule has 244 valence electrons. The minimum atomic E-state index is -0.560. The number of hydrogen-bond acceptors (Lipinski definition) is 3. The Morgan fingerprint density at radius 1 is 0.512 bits per heavy atom. The van der Waals surface area contributed by atoms with Gasteiger partial charge in [-0.2, -0.15) is 0 Å². The van der Waals surface area contributed by atoms with Gasteiger partial charge in [0.15, 0.2) is 0 Å². The summed E-state index contributed by atoms with van der Waals surface area (Å²) in [5.74, 6) is -0.572. The van der Waals surface area contributed by atoms with Crippen molar-refractivity contribution in [1.29, 1.82) is 0 Å². The van der Waals surface area contributed by atoms with Crippen molar-refractivity contribution in [3.63, 3.8) is 0 Å². The Hall–Kier alpha value is -1.10. The molecule has 0 spiro atoms. The van der Waals surface area contributed by atoms with Crippen molar-refractivity contribution in [2.24, 2.45) is 17.6 Å². The van der Waals surface area contributed by atoms with Crippen molar-refractivity contribution in [3.8, 4) is 0 Å². The fraction of sp³-hybridized carbons (Fsp3) is 0.944. The van der Waals surface area contributed by atoms with Gasteiger partial charge in [0.05, 0.1) is 5.92 Å². The van der Waals surface area contributed by atoms with E-state index in [0.717, 1.165) is 51.4 Å². The molecule has 0 heterocycles. The third-order valence-corrected chi connectivity index (χ3v) is 8.99. The lowest BCUT2D eigenvalue weighted by Gasteiger charge is -2.24. The Morgan fingerprint density at radius 2 is 0.854 bits per heavy atom. The summed E-state index contributed by atoms with van der Waals surface area (Å²) in [7, 11) is 0. The molecule has 0 aromatic rings. The van der Waals surface area contributed by atoms with Crippen LogP contribution in [0.2, 0.25) is 0 Å². The standard InChI is InChI=1S/C36H71NO4/c1-2-3-4-23-28-33(29-24-19-15-12-13-17-21-26-31-35(37)39)34(36(40)41)30-25-20-16-11-9-7-5-6-8-10-14-18-22-27-32-38/h33-34,38H,2-32H2,1H3,(H2,37,39)(H,40,41). The molecule has 0 saturated carbocycles. The summed E-state index contributed by atoms with van der Waals surface area (Å²) in [6.45, 7) is 2.57. The van der Waals surface area contributed by atoms with E-state index in [1.54, 1.807) is 0 Å². The Bertz CT molecular complexity index is 568. The first-order valence-electron chi connectivity index (χ1n) is 18.1. The van der Waals surface area contributed by atoms with Crippen LogP contribution in [-0.2, 0) is 9.59 Å². The van der Waals surface area contributed by atoms with Crippen LogP contribution in [0.15, 0.2) is 0 Å². The molecule has 0 aromatic carbocycles. The van der Waals surface area contributed by atoms with Gasteiger partial charge in [-0.15, -0.1) is 0 Å². The van der Waals surface area contributed by atoms with Gasteiger partial charge in [-0.3, -0.25) is 9.59 Å². The van der Waals surface area contributed by atoms with Crippen molar-refractivity contribution in [2.45, 2.75) is 200 Å². The number of hydrogen-bond donors (Lipinski definition) is 3. The molecule has 0 aliphatic rings. The first-order chi connectivity index (χ1) is 20.0. The first-order valence-corrected chi connectivity index (χ1v) is 18.1. The van der Waals surface area contributed by atoms with E-state index in [-0.39, 0.29) is 11.8 Å². The van der Waals surface area contributed by atoms with Crippen LogP contribution < -0.4 is 5.73 Å². The van der Waals surface area contributed by atoms with E-state index in [1.165, 1.54) is 135 Å². The molecule has 1 amide bonds. The Labute approximate surface area is 255 Å². The molecule has 5 heteroatoms. The maximum Gasteiger partial charge on any atom is 0.306 e. The Balaban J connectivity index is 4.08. The predicted molar refractivity (Wildman–Crippen MR) is 175 cm³/mol. The number of aliphatic hydroxyl groups excluding tert-OH is 1. The van der Waals surface area contributed by atoms with E-state index in [4.69, 9.17) is 10.8 Å². The van der Waals surface area contributed by atoms with Crippen LogP contribution in [0, 0.1) is 11.8 Å². The number of unbranched alkanes of at least 4 members (excludes halogenated alkanes) is 23. The molecular weight excluding hydrogens is 510 g/mol. The van der Waals surface area contributed by atoms with Gasteiger partial charge in [0, 0.05) is 13.0 Å². The lowest BCUT2D eigenvalue weighted by Crippen LogP contribution is -2.24. The van der Waals surface area contributed by atoms with Gasteiger partial charge in [0.1, 0.15) is 0 Å². The van der Waals surface area contributed by atoms with Crippen molar-refractivity contribution >= 4 is 11.9 Å². The number of aliphatic hydroxyl groups is 1. The molecule has 0 radical (unpaired) electrons. The van der Waals surface area contributed by atoms with E-state index in [0.29, 0.717) is 18.9 Å². The SMILES string of the molecule is CCCCCCC(CCCCCCCCCCC(N)=O)C(CCCCCCCCCCCCCCCCO)C(=O)O. The second kappa shape index (κ2) is 31.8. The zero-order valence-electron chi connectivity index (χ0n) is 27.4. The largest absolute Gasteiger partial charge is 0.481 e. The number of rotatable bonds is 34. The molecule has 5 nitrogen and oxygen atoms in total. The molecule has 0 aliphatic heterocycles. The van der Waals surface area contributed by atoms with Crippen LogP contribution in [0.3, 0.4) is 0 Å². The van der Waals surface area contributed by atoms with E-state index in [2.05, 4.69) is 6.92 Å². The Morgan fingerprint density at radius 3 is 1.22 bits per heavy atom. The van der Waals surface area contributed by atoms with Crippen molar-refractivity contribution in [2.75, 3.05) is 6.61 Å². The fourth-order valence-corrected chi connectivity index (χ4v) is 6.30. The van der Waals surface area contributed by atoms with Crippen molar-refractivity contribution in [3.05, 3.63) is 0 Å². The van der Waals surface area contributed by atoms with Crippen LogP contribution in [0.5, 0.6) is 0 Å². The molecule has 4 N–H and O–H groups in total. The van der Waals surface area contributed by atoms with Gasteiger partial charge >= 0.3 is 5.97 Å². The molecule has 0 rings (SSSR count). The maximum absolute atomic E-state index is 12.3. The molecule has 2 atom stereocenters. The van der Waals surface area contributed by atoms with Crippen LogP contribution >= 0.6 is 0 Å². The average Bonchev–Trinajstić information content (AvgIpc) is 2.95. The summed E-state index contributed by atoms with van der Waals surface area (Å²) in [5, 5.41) is 18.9. The number of carbonyl (C=O) groups excluding carboxylic acids is 1. The van der Waals surface area contributed by atoms with E-state index in [1.807, 2.05) is 0 Å². The van der Waals surface area contributed by atoms with Crippen molar-refractivity contribution in [1.82, 2.24) is 0 Å². The maximum atomic E-state index is 12.3. The number of carboxylic acid groups (broad SMARTS) is 1. The van der Waals surface area contributed by atoms with Crippen LogP contribution in [-0.4, -0.2) is 28.7 Å². The third kappa shape index (κ3) is 28.8. The molecule has 2 unspecified atom stereocenters. The van der Waals surface area contributed by atoms with Gasteiger partial charge in [-0.05, 0) is 38.0 Å². The molecule has 41 heavy (non-hydrogen) atoms. The summed E-state index contributed by atoms with van der Waals surface area (Å²) >= 11 is 0. The molecule has 0 aromatic heterocycles. The van der Waals surface area contributed by atoms with Gasteiger partial charge in [-0.1, -0.05) is 161 Å². The second-order valence-electron chi connectivity index (χ2n) is 12.8. The van der Waals surface area contributed by atoms with Gasteiger partial charge < -0.3 is 15.9 Å². The fourth-order valence-electron chi connectivity index (χ4n) is 6.30. The van der Waals surface area contributed by atoms with Crippen LogP contribution in [0.25, 0.3) is 0 Å². The number of aliphatic carboxylic acids is 1. The smallest absolute Gasteiger partial charge is 0.306 e. The average molecular weight is 582 g/mol.